The second kappa shape index (κ2) is 6.52. The van der Waals surface area contributed by atoms with Gasteiger partial charge in [0, 0.05) is 19.1 Å². The van der Waals surface area contributed by atoms with Gasteiger partial charge in [0.25, 0.3) is 0 Å². The van der Waals surface area contributed by atoms with Gasteiger partial charge in [-0.1, -0.05) is 30.3 Å². The molecule has 1 saturated heterocycles. The van der Waals surface area contributed by atoms with E-state index in [0.717, 1.165) is 18.6 Å². The average molecular weight is 249 g/mol. The highest BCUT2D eigenvalue weighted by Gasteiger charge is 2.23. The molecule has 98 valence electrons. The second-order valence-electron chi connectivity index (χ2n) is 4.56. The Balaban J connectivity index is 1.89. The standard InChI is InChI=1S/C14H19NO3/c15-8-13(12-4-2-1-3-5-12)14(16)18-10-11-6-7-17-9-11/h1-5,11,13H,6-10,15H2. The van der Waals surface area contributed by atoms with Crippen LogP contribution in [0.2, 0.25) is 0 Å². The first-order valence-electron chi connectivity index (χ1n) is 6.30. The third-order valence-corrected chi connectivity index (χ3v) is 3.21. The molecule has 2 N–H and O–H groups in total. The van der Waals surface area contributed by atoms with Gasteiger partial charge in [-0.05, 0) is 12.0 Å². The molecule has 2 unspecified atom stereocenters. The van der Waals surface area contributed by atoms with E-state index in [0.29, 0.717) is 19.1 Å². The largest absolute Gasteiger partial charge is 0.465 e. The van der Waals surface area contributed by atoms with Crippen LogP contribution in [0.5, 0.6) is 0 Å². The van der Waals surface area contributed by atoms with Crippen LogP contribution in [0.3, 0.4) is 0 Å². The predicted octanol–water partition coefficient (Wildman–Crippen LogP) is 1.31. The molecule has 1 aliphatic rings. The second-order valence-corrected chi connectivity index (χ2v) is 4.56. The van der Waals surface area contributed by atoms with E-state index in [1.165, 1.54) is 0 Å². The summed E-state index contributed by atoms with van der Waals surface area (Å²) in [5.41, 5.74) is 6.57. The van der Waals surface area contributed by atoms with Crippen LogP contribution in [0.4, 0.5) is 0 Å². The first kappa shape index (κ1) is 13.1. The lowest BCUT2D eigenvalue weighted by Crippen LogP contribution is -2.25. The van der Waals surface area contributed by atoms with Gasteiger partial charge in [-0.25, -0.2) is 0 Å². The van der Waals surface area contributed by atoms with Gasteiger partial charge in [-0.15, -0.1) is 0 Å². The molecule has 1 fully saturated rings. The third-order valence-electron chi connectivity index (χ3n) is 3.21. The Bertz CT molecular complexity index is 374. The van der Waals surface area contributed by atoms with E-state index in [-0.39, 0.29) is 18.4 Å². The fourth-order valence-corrected chi connectivity index (χ4v) is 2.07. The summed E-state index contributed by atoms with van der Waals surface area (Å²) in [4.78, 5) is 12.0. The zero-order valence-corrected chi connectivity index (χ0v) is 10.4. The molecule has 0 saturated carbocycles. The van der Waals surface area contributed by atoms with Crippen molar-refractivity contribution in [2.24, 2.45) is 11.7 Å². The van der Waals surface area contributed by atoms with Crippen molar-refractivity contribution in [3.8, 4) is 0 Å². The normalized spacial score (nSPS) is 20.6. The SMILES string of the molecule is NCC(C(=O)OCC1CCOC1)c1ccccc1. The molecule has 4 nitrogen and oxygen atoms in total. The van der Waals surface area contributed by atoms with Crippen LogP contribution in [-0.4, -0.2) is 32.3 Å². The monoisotopic (exact) mass is 249 g/mol. The summed E-state index contributed by atoms with van der Waals surface area (Å²) in [6.45, 7) is 2.15. The molecule has 0 bridgehead atoms. The van der Waals surface area contributed by atoms with Crippen molar-refractivity contribution >= 4 is 5.97 Å². The number of benzene rings is 1. The van der Waals surface area contributed by atoms with Gasteiger partial charge in [0.1, 0.15) is 0 Å². The molecule has 0 amide bonds. The maximum Gasteiger partial charge on any atom is 0.314 e. The Morgan fingerprint density at radius 1 is 1.44 bits per heavy atom. The van der Waals surface area contributed by atoms with Crippen LogP contribution in [-0.2, 0) is 14.3 Å². The number of esters is 1. The predicted molar refractivity (Wildman–Crippen MR) is 68.1 cm³/mol. The van der Waals surface area contributed by atoms with Crippen LogP contribution in [0, 0.1) is 5.92 Å². The van der Waals surface area contributed by atoms with E-state index in [2.05, 4.69) is 0 Å². The Labute approximate surface area is 107 Å². The molecule has 2 atom stereocenters. The van der Waals surface area contributed by atoms with Crippen molar-refractivity contribution in [1.82, 2.24) is 0 Å². The number of rotatable bonds is 5. The van der Waals surface area contributed by atoms with Crippen molar-refractivity contribution in [3.63, 3.8) is 0 Å². The molecule has 0 spiro atoms. The maximum atomic E-state index is 12.0. The van der Waals surface area contributed by atoms with E-state index >= 15 is 0 Å². The number of carbonyl (C=O) groups is 1. The quantitative estimate of drug-likeness (QED) is 0.799. The topological polar surface area (TPSA) is 61.6 Å². The van der Waals surface area contributed by atoms with Crippen molar-refractivity contribution in [2.75, 3.05) is 26.4 Å². The first-order chi connectivity index (χ1) is 8.81. The molecular formula is C14H19NO3. The van der Waals surface area contributed by atoms with Crippen molar-refractivity contribution in [3.05, 3.63) is 35.9 Å². The lowest BCUT2D eigenvalue weighted by atomic mass is 9.99. The molecular weight excluding hydrogens is 230 g/mol. The zero-order valence-electron chi connectivity index (χ0n) is 10.4. The summed E-state index contributed by atoms with van der Waals surface area (Å²) < 4.78 is 10.6. The van der Waals surface area contributed by atoms with Gasteiger partial charge in [0.2, 0.25) is 0 Å². The van der Waals surface area contributed by atoms with Crippen LogP contribution < -0.4 is 5.73 Å². The summed E-state index contributed by atoms with van der Waals surface area (Å²) in [5, 5.41) is 0. The molecule has 1 heterocycles. The van der Waals surface area contributed by atoms with Crippen molar-refractivity contribution in [2.45, 2.75) is 12.3 Å². The van der Waals surface area contributed by atoms with E-state index in [1.807, 2.05) is 30.3 Å². The van der Waals surface area contributed by atoms with E-state index < -0.39 is 0 Å². The van der Waals surface area contributed by atoms with Gasteiger partial charge in [0.05, 0.1) is 19.1 Å². The Morgan fingerprint density at radius 2 is 2.22 bits per heavy atom. The summed E-state index contributed by atoms with van der Waals surface area (Å²) in [7, 11) is 0. The van der Waals surface area contributed by atoms with Crippen molar-refractivity contribution in [1.29, 1.82) is 0 Å². The lowest BCUT2D eigenvalue weighted by molar-refractivity contribution is -0.146. The Kier molecular flexibility index (Phi) is 4.73. The Morgan fingerprint density at radius 3 is 2.83 bits per heavy atom. The van der Waals surface area contributed by atoms with Gasteiger partial charge in [0.15, 0.2) is 0 Å². The maximum absolute atomic E-state index is 12.0. The molecule has 18 heavy (non-hydrogen) atoms. The molecule has 1 aromatic carbocycles. The van der Waals surface area contributed by atoms with Crippen LogP contribution in [0.15, 0.2) is 30.3 Å². The van der Waals surface area contributed by atoms with Gasteiger partial charge < -0.3 is 15.2 Å². The number of nitrogens with two attached hydrogens (primary N) is 1. The minimum Gasteiger partial charge on any atom is -0.465 e. The smallest absolute Gasteiger partial charge is 0.314 e. The number of ether oxygens (including phenoxy) is 2. The summed E-state index contributed by atoms with van der Waals surface area (Å²) in [6, 6.07) is 9.51. The fourth-order valence-electron chi connectivity index (χ4n) is 2.07. The molecule has 0 aromatic heterocycles. The van der Waals surface area contributed by atoms with E-state index in [1.54, 1.807) is 0 Å². The number of hydrogen-bond donors (Lipinski definition) is 1. The minimum absolute atomic E-state index is 0.240. The summed E-state index contributed by atoms with van der Waals surface area (Å²) in [6.07, 6.45) is 0.964. The average Bonchev–Trinajstić information content (AvgIpc) is 2.92. The van der Waals surface area contributed by atoms with Crippen LogP contribution >= 0.6 is 0 Å². The van der Waals surface area contributed by atoms with E-state index in [4.69, 9.17) is 15.2 Å². The molecule has 2 rings (SSSR count). The molecule has 0 radical (unpaired) electrons. The summed E-state index contributed by atoms with van der Waals surface area (Å²) >= 11 is 0. The molecule has 1 aliphatic heterocycles. The summed E-state index contributed by atoms with van der Waals surface area (Å²) in [5.74, 6) is -0.271. The molecule has 0 aliphatic carbocycles. The highest BCUT2D eigenvalue weighted by molar-refractivity contribution is 5.78. The van der Waals surface area contributed by atoms with Gasteiger partial charge in [-0.2, -0.15) is 0 Å². The van der Waals surface area contributed by atoms with Gasteiger partial charge in [-0.3, -0.25) is 4.79 Å². The van der Waals surface area contributed by atoms with Crippen LogP contribution in [0.25, 0.3) is 0 Å². The van der Waals surface area contributed by atoms with E-state index in [9.17, 15) is 4.79 Å². The van der Waals surface area contributed by atoms with Gasteiger partial charge >= 0.3 is 5.97 Å². The van der Waals surface area contributed by atoms with Crippen LogP contribution in [0.1, 0.15) is 17.9 Å². The highest BCUT2D eigenvalue weighted by Crippen LogP contribution is 2.18. The molecule has 4 heteroatoms. The number of carbonyl (C=O) groups excluding carboxylic acids is 1. The zero-order chi connectivity index (χ0) is 12.8. The number of hydrogen-bond acceptors (Lipinski definition) is 4. The Hall–Kier alpha value is -1.39. The third kappa shape index (κ3) is 3.31. The van der Waals surface area contributed by atoms with Crippen molar-refractivity contribution < 1.29 is 14.3 Å². The highest BCUT2D eigenvalue weighted by atomic mass is 16.5. The minimum atomic E-state index is -0.367. The lowest BCUT2D eigenvalue weighted by Gasteiger charge is -2.16. The molecule has 1 aromatic rings. The fraction of sp³-hybridized carbons (Fsp3) is 0.500. The first-order valence-corrected chi connectivity index (χ1v) is 6.30.